The topological polar surface area (TPSA) is 81.8 Å². The van der Waals surface area contributed by atoms with Crippen molar-refractivity contribution in [3.05, 3.63) is 18.6 Å². The Bertz CT molecular complexity index is 485. The molecular formula is C9H8N4O2S. The van der Waals surface area contributed by atoms with Gasteiger partial charge in [-0.1, -0.05) is 11.8 Å². The summed E-state index contributed by atoms with van der Waals surface area (Å²) in [6.45, 7) is 1.51. The first-order valence-corrected chi connectivity index (χ1v) is 5.46. The van der Waals surface area contributed by atoms with Crippen molar-refractivity contribution in [3.63, 3.8) is 0 Å². The molecule has 0 unspecified atom stereocenters. The van der Waals surface area contributed by atoms with Crippen LogP contribution in [0.2, 0.25) is 0 Å². The van der Waals surface area contributed by atoms with Gasteiger partial charge >= 0.3 is 0 Å². The summed E-state index contributed by atoms with van der Waals surface area (Å²) in [5.41, 5.74) is 0.518. The van der Waals surface area contributed by atoms with E-state index < -0.39 is 0 Å². The van der Waals surface area contributed by atoms with E-state index in [2.05, 4.69) is 20.2 Å². The quantitative estimate of drug-likeness (QED) is 0.738. The third kappa shape index (κ3) is 2.63. The second-order valence-corrected chi connectivity index (χ2v) is 3.88. The van der Waals surface area contributed by atoms with Gasteiger partial charge in [0.05, 0.1) is 11.9 Å². The summed E-state index contributed by atoms with van der Waals surface area (Å²) in [7, 11) is 0. The molecule has 2 heterocycles. The summed E-state index contributed by atoms with van der Waals surface area (Å²) in [5, 5.41) is 7.96. The monoisotopic (exact) mass is 236 g/mol. The Balaban J connectivity index is 2.11. The number of carbonyl (C=O) groups is 1. The molecule has 16 heavy (non-hydrogen) atoms. The molecular weight excluding hydrogens is 228 g/mol. The predicted octanol–water partition coefficient (Wildman–Crippen LogP) is 1.21. The van der Waals surface area contributed by atoms with Gasteiger partial charge in [0.1, 0.15) is 11.5 Å². The molecule has 0 N–H and O–H groups in total. The molecule has 2 aromatic heterocycles. The van der Waals surface area contributed by atoms with Crippen molar-refractivity contribution in [2.75, 3.05) is 5.75 Å². The number of nitrogens with zero attached hydrogens (tertiary/aromatic N) is 4. The van der Waals surface area contributed by atoms with Gasteiger partial charge < -0.3 is 4.42 Å². The standard InChI is InChI=1S/C9H8N4O2S/c1-6(14)5-16-9-13-12-8(15-9)7-4-10-2-3-11-7/h2-4H,5H2,1H3. The maximum absolute atomic E-state index is 10.8. The number of aromatic nitrogens is 4. The summed E-state index contributed by atoms with van der Waals surface area (Å²) in [5.74, 6) is 0.686. The second kappa shape index (κ2) is 4.84. The zero-order valence-electron chi connectivity index (χ0n) is 8.45. The third-order valence-electron chi connectivity index (χ3n) is 1.59. The fourth-order valence-corrected chi connectivity index (χ4v) is 1.51. The molecule has 0 aromatic carbocycles. The number of carbonyl (C=O) groups excluding carboxylic acids is 1. The molecule has 0 atom stereocenters. The molecule has 0 radical (unpaired) electrons. The van der Waals surface area contributed by atoms with Gasteiger partial charge in [-0.05, 0) is 6.92 Å². The van der Waals surface area contributed by atoms with E-state index in [1.54, 1.807) is 12.4 Å². The highest BCUT2D eigenvalue weighted by molar-refractivity contribution is 7.99. The molecule has 6 nitrogen and oxygen atoms in total. The van der Waals surface area contributed by atoms with Crippen molar-refractivity contribution in [2.24, 2.45) is 0 Å². The lowest BCUT2D eigenvalue weighted by Gasteiger charge is -1.91. The number of Topliss-reactive ketones (excluding diaryl/α,β-unsaturated/α-hetero) is 1. The van der Waals surface area contributed by atoms with Crippen molar-refractivity contribution >= 4 is 17.5 Å². The first-order valence-electron chi connectivity index (χ1n) is 4.48. The van der Waals surface area contributed by atoms with Crippen molar-refractivity contribution in [1.82, 2.24) is 20.2 Å². The Labute approximate surface area is 95.5 Å². The number of rotatable bonds is 4. The molecule has 82 valence electrons. The molecule has 0 saturated carbocycles. The van der Waals surface area contributed by atoms with Crippen LogP contribution in [0.5, 0.6) is 0 Å². The molecule has 0 aliphatic rings. The van der Waals surface area contributed by atoms with E-state index >= 15 is 0 Å². The van der Waals surface area contributed by atoms with Gasteiger partial charge in [0.15, 0.2) is 0 Å². The van der Waals surface area contributed by atoms with Crippen LogP contribution in [0.15, 0.2) is 28.2 Å². The zero-order valence-corrected chi connectivity index (χ0v) is 9.27. The Hall–Kier alpha value is -1.76. The molecule has 0 fully saturated rings. The van der Waals surface area contributed by atoms with Gasteiger partial charge in [-0.25, -0.2) is 4.98 Å². The largest absolute Gasteiger partial charge is 0.410 e. The summed E-state index contributed by atoms with van der Waals surface area (Å²) in [4.78, 5) is 18.7. The molecule has 2 aromatic rings. The molecule has 0 amide bonds. The molecule has 0 aliphatic heterocycles. The first-order chi connectivity index (χ1) is 7.75. The summed E-state index contributed by atoms with van der Waals surface area (Å²) >= 11 is 1.21. The van der Waals surface area contributed by atoms with Crippen LogP contribution in [-0.2, 0) is 4.79 Å². The van der Waals surface area contributed by atoms with E-state index in [1.165, 1.54) is 24.9 Å². The van der Waals surface area contributed by atoms with Crippen LogP contribution in [0.1, 0.15) is 6.92 Å². The van der Waals surface area contributed by atoms with Crippen LogP contribution in [0, 0.1) is 0 Å². The lowest BCUT2D eigenvalue weighted by atomic mass is 10.4. The molecule has 2 rings (SSSR count). The minimum atomic E-state index is 0.0595. The first kappa shape index (κ1) is 10.7. The average molecular weight is 236 g/mol. The highest BCUT2D eigenvalue weighted by atomic mass is 32.2. The second-order valence-electron chi connectivity index (χ2n) is 2.95. The Morgan fingerprint density at radius 3 is 3.00 bits per heavy atom. The van der Waals surface area contributed by atoms with Crippen molar-refractivity contribution in [1.29, 1.82) is 0 Å². The zero-order chi connectivity index (χ0) is 11.4. The predicted molar refractivity (Wildman–Crippen MR) is 56.7 cm³/mol. The third-order valence-corrected chi connectivity index (χ3v) is 2.55. The van der Waals surface area contributed by atoms with Gasteiger partial charge in [-0.3, -0.25) is 9.78 Å². The highest BCUT2D eigenvalue weighted by Crippen LogP contribution is 2.20. The van der Waals surface area contributed by atoms with Crippen LogP contribution in [-0.4, -0.2) is 31.7 Å². The van der Waals surface area contributed by atoms with Crippen LogP contribution in [0.4, 0.5) is 0 Å². The van der Waals surface area contributed by atoms with E-state index in [-0.39, 0.29) is 5.78 Å². The van der Waals surface area contributed by atoms with Gasteiger partial charge in [0.25, 0.3) is 11.1 Å². The fourth-order valence-electron chi connectivity index (χ4n) is 0.945. The molecule has 0 saturated heterocycles. The van der Waals surface area contributed by atoms with Crippen LogP contribution >= 0.6 is 11.8 Å². The van der Waals surface area contributed by atoms with Crippen LogP contribution in [0.25, 0.3) is 11.6 Å². The minimum absolute atomic E-state index is 0.0595. The summed E-state index contributed by atoms with van der Waals surface area (Å²) in [6, 6.07) is 0. The summed E-state index contributed by atoms with van der Waals surface area (Å²) in [6.07, 6.45) is 4.64. The lowest BCUT2D eigenvalue weighted by Crippen LogP contribution is -1.92. The lowest BCUT2D eigenvalue weighted by molar-refractivity contribution is -0.114. The van der Waals surface area contributed by atoms with Gasteiger partial charge in [-0.2, -0.15) is 0 Å². The fraction of sp³-hybridized carbons (Fsp3) is 0.222. The maximum Gasteiger partial charge on any atom is 0.277 e. The highest BCUT2D eigenvalue weighted by Gasteiger charge is 2.10. The Morgan fingerprint density at radius 2 is 2.31 bits per heavy atom. The number of ketones is 1. The van der Waals surface area contributed by atoms with Crippen LogP contribution in [0.3, 0.4) is 0 Å². The maximum atomic E-state index is 10.8. The smallest absolute Gasteiger partial charge is 0.277 e. The van der Waals surface area contributed by atoms with E-state index in [4.69, 9.17) is 4.42 Å². The van der Waals surface area contributed by atoms with Crippen molar-refractivity contribution < 1.29 is 9.21 Å². The van der Waals surface area contributed by atoms with Gasteiger partial charge in [0.2, 0.25) is 0 Å². The van der Waals surface area contributed by atoms with E-state index in [0.717, 1.165) is 0 Å². The van der Waals surface area contributed by atoms with Crippen molar-refractivity contribution in [3.8, 4) is 11.6 Å². The number of hydrogen-bond donors (Lipinski definition) is 0. The number of thioether (sulfide) groups is 1. The summed E-state index contributed by atoms with van der Waals surface area (Å²) < 4.78 is 5.31. The van der Waals surface area contributed by atoms with Gasteiger partial charge in [-0.15, -0.1) is 10.2 Å². The van der Waals surface area contributed by atoms with Crippen molar-refractivity contribution in [2.45, 2.75) is 12.1 Å². The van der Waals surface area contributed by atoms with E-state index in [0.29, 0.717) is 22.6 Å². The van der Waals surface area contributed by atoms with Gasteiger partial charge in [0, 0.05) is 12.4 Å². The molecule has 7 heteroatoms. The average Bonchev–Trinajstić information content (AvgIpc) is 2.76. The minimum Gasteiger partial charge on any atom is -0.410 e. The SMILES string of the molecule is CC(=O)CSc1nnc(-c2cnccn2)o1. The molecule has 0 bridgehead atoms. The normalized spacial score (nSPS) is 10.3. The Kier molecular flexibility index (Phi) is 3.25. The number of hydrogen-bond acceptors (Lipinski definition) is 7. The van der Waals surface area contributed by atoms with E-state index in [9.17, 15) is 4.79 Å². The van der Waals surface area contributed by atoms with E-state index in [1.807, 2.05) is 0 Å². The van der Waals surface area contributed by atoms with Crippen LogP contribution < -0.4 is 0 Å². The molecule has 0 spiro atoms. The molecule has 0 aliphatic carbocycles. The Morgan fingerprint density at radius 1 is 1.44 bits per heavy atom.